The fourth-order valence-electron chi connectivity index (χ4n) is 2.91. The zero-order chi connectivity index (χ0) is 21.6. The number of amides is 3. The van der Waals surface area contributed by atoms with Gasteiger partial charge in [-0.1, -0.05) is 18.5 Å². The number of ether oxygens (including phenoxy) is 1. The molecule has 0 aliphatic carbocycles. The van der Waals surface area contributed by atoms with E-state index >= 15 is 0 Å². The number of imide groups is 1. The van der Waals surface area contributed by atoms with Crippen LogP contribution in [0.3, 0.4) is 0 Å². The number of esters is 1. The number of carbonyl (C=O) groups excluding carboxylic acids is 3. The van der Waals surface area contributed by atoms with E-state index in [1.54, 1.807) is 6.92 Å². The summed E-state index contributed by atoms with van der Waals surface area (Å²) in [7, 11) is -3.87. The van der Waals surface area contributed by atoms with Crippen LogP contribution < -0.4 is 10.6 Å². The molecule has 0 spiro atoms. The molecule has 1 aliphatic rings. The molecule has 1 aliphatic heterocycles. The largest absolute Gasteiger partial charge is 0.452 e. The maximum atomic E-state index is 13.0. The Morgan fingerprint density at radius 3 is 2.69 bits per heavy atom. The van der Waals surface area contributed by atoms with E-state index in [9.17, 15) is 22.8 Å². The van der Waals surface area contributed by atoms with Gasteiger partial charge >= 0.3 is 12.0 Å². The maximum absolute atomic E-state index is 13.0. The molecule has 11 heteroatoms. The number of nitrogens with one attached hydrogen (secondary N) is 2. The van der Waals surface area contributed by atoms with Gasteiger partial charge in [0.2, 0.25) is 10.0 Å². The summed E-state index contributed by atoms with van der Waals surface area (Å²) in [6.07, 6.45) is 1.70. The third kappa shape index (κ3) is 6.15. The lowest BCUT2D eigenvalue weighted by Gasteiger charge is -2.30. The highest BCUT2D eigenvalue weighted by atomic mass is 35.5. The molecule has 0 saturated carbocycles. The van der Waals surface area contributed by atoms with Crippen LogP contribution in [0.2, 0.25) is 5.02 Å². The van der Waals surface area contributed by atoms with Crippen molar-refractivity contribution >= 4 is 39.5 Å². The van der Waals surface area contributed by atoms with Crippen molar-refractivity contribution in [1.82, 2.24) is 14.9 Å². The lowest BCUT2D eigenvalue weighted by molar-refractivity contribution is -0.123. The molecule has 1 aromatic rings. The van der Waals surface area contributed by atoms with Crippen molar-refractivity contribution in [2.24, 2.45) is 5.92 Å². The molecular weight excluding hydrogens is 422 g/mol. The van der Waals surface area contributed by atoms with Crippen molar-refractivity contribution in [3.05, 3.63) is 28.8 Å². The van der Waals surface area contributed by atoms with Gasteiger partial charge in [0.15, 0.2) is 6.61 Å². The SMILES string of the molecule is CCNC(=O)NC(=O)COC(=O)c1ccc(Cl)c(S(=O)(=O)N2CCCC(C)C2)c1. The number of sulfonamides is 1. The molecule has 1 heterocycles. The fourth-order valence-corrected chi connectivity index (χ4v) is 5.01. The van der Waals surface area contributed by atoms with E-state index in [0.717, 1.165) is 18.9 Å². The average molecular weight is 446 g/mol. The Bertz CT molecular complexity index is 890. The van der Waals surface area contributed by atoms with Gasteiger partial charge in [0, 0.05) is 19.6 Å². The standard InChI is InChI=1S/C18H24ClN3O6S/c1-3-20-18(25)21-16(23)11-28-17(24)13-6-7-14(19)15(9-13)29(26,27)22-8-4-5-12(2)10-22/h6-7,9,12H,3-5,8,10-11H2,1-2H3,(H2,20,21,23,25). The normalized spacial score (nSPS) is 17.4. The molecule has 1 unspecified atom stereocenters. The molecule has 2 rings (SSSR count). The Hall–Kier alpha value is -2.17. The molecule has 1 fully saturated rings. The monoisotopic (exact) mass is 445 g/mol. The van der Waals surface area contributed by atoms with Crippen molar-refractivity contribution in [2.45, 2.75) is 31.6 Å². The molecule has 2 N–H and O–H groups in total. The van der Waals surface area contributed by atoms with Gasteiger partial charge in [0.05, 0.1) is 10.6 Å². The third-order valence-corrected chi connectivity index (χ3v) is 6.68. The van der Waals surface area contributed by atoms with Crippen molar-refractivity contribution in [1.29, 1.82) is 0 Å². The molecule has 9 nitrogen and oxygen atoms in total. The molecule has 1 atom stereocenters. The summed E-state index contributed by atoms with van der Waals surface area (Å²) >= 11 is 6.09. The van der Waals surface area contributed by atoms with Crippen LogP contribution in [0.4, 0.5) is 4.79 Å². The van der Waals surface area contributed by atoms with E-state index in [1.807, 2.05) is 12.2 Å². The second-order valence-corrected chi connectivity index (χ2v) is 9.05. The number of hydrogen-bond donors (Lipinski definition) is 2. The summed E-state index contributed by atoms with van der Waals surface area (Å²) in [6, 6.07) is 3.04. The molecule has 1 saturated heterocycles. The van der Waals surface area contributed by atoms with Crippen molar-refractivity contribution in [2.75, 3.05) is 26.2 Å². The first-order valence-corrected chi connectivity index (χ1v) is 11.0. The summed E-state index contributed by atoms with van der Waals surface area (Å²) < 4.78 is 32.1. The molecule has 0 bridgehead atoms. The van der Waals surface area contributed by atoms with E-state index in [4.69, 9.17) is 16.3 Å². The number of rotatable bonds is 6. The van der Waals surface area contributed by atoms with Gasteiger partial charge in [-0.3, -0.25) is 10.1 Å². The zero-order valence-corrected chi connectivity index (χ0v) is 17.8. The fraction of sp³-hybridized carbons (Fsp3) is 0.500. The molecule has 0 aromatic heterocycles. The van der Waals surface area contributed by atoms with Crippen LogP contribution in [-0.2, 0) is 19.6 Å². The van der Waals surface area contributed by atoms with E-state index in [1.165, 1.54) is 16.4 Å². The van der Waals surface area contributed by atoms with Crippen LogP contribution in [0.25, 0.3) is 0 Å². The van der Waals surface area contributed by atoms with Crippen molar-refractivity contribution in [3.8, 4) is 0 Å². The van der Waals surface area contributed by atoms with E-state index in [0.29, 0.717) is 19.6 Å². The first-order valence-electron chi connectivity index (χ1n) is 9.19. The summed E-state index contributed by atoms with van der Waals surface area (Å²) in [4.78, 5) is 34.9. The Balaban J connectivity index is 2.10. The number of carbonyl (C=O) groups is 3. The number of piperidine rings is 1. The molecule has 29 heavy (non-hydrogen) atoms. The van der Waals surface area contributed by atoms with Gasteiger partial charge in [0.1, 0.15) is 4.90 Å². The van der Waals surface area contributed by atoms with Crippen LogP contribution in [0, 0.1) is 5.92 Å². The third-order valence-electron chi connectivity index (χ3n) is 4.33. The number of nitrogens with zero attached hydrogens (tertiary/aromatic N) is 1. The molecule has 0 radical (unpaired) electrons. The zero-order valence-electron chi connectivity index (χ0n) is 16.2. The van der Waals surface area contributed by atoms with Crippen LogP contribution in [0.15, 0.2) is 23.1 Å². The maximum Gasteiger partial charge on any atom is 0.338 e. The highest BCUT2D eigenvalue weighted by molar-refractivity contribution is 7.89. The Morgan fingerprint density at radius 2 is 2.03 bits per heavy atom. The van der Waals surface area contributed by atoms with Gasteiger partial charge in [0.25, 0.3) is 5.91 Å². The molecule has 160 valence electrons. The number of benzene rings is 1. The van der Waals surface area contributed by atoms with Gasteiger partial charge in [-0.2, -0.15) is 4.31 Å². The van der Waals surface area contributed by atoms with Crippen LogP contribution >= 0.6 is 11.6 Å². The van der Waals surface area contributed by atoms with E-state index in [2.05, 4.69) is 5.32 Å². The minimum absolute atomic E-state index is 0.00578. The summed E-state index contributed by atoms with van der Waals surface area (Å²) in [5, 5.41) is 4.35. The van der Waals surface area contributed by atoms with E-state index < -0.39 is 34.5 Å². The molecular formula is C18H24ClN3O6S. The first kappa shape index (κ1) is 23.1. The van der Waals surface area contributed by atoms with Gasteiger partial charge in [-0.05, 0) is 43.9 Å². The smallest absolute Gasteiger partial charge is 0.338 e. The minimum atomic E-state index is -3.87. The lowest BCUT2D eigenvalue weighted by Crippen LogP contribution is -2.41. The highest BCUT2D eigenvalue weighted by Crippen LogP contribution is 2.29. The molecule has 3 amide bonds. The van der Waals surface area contributed by atoms with Crippen molar-refractivity contribution < 1.29 is 27.5 Å². The number of halogens is 1. The predicted octanol–water partition coefficient (Wildman–Crippen LogP) is 1.76. The number of hydrogen-bond acceptors (Lipinski definition) is 6. The van der Waals surface area contributed by atoms with Crippen LogP contribution in [0.1, 0.15) is 37.0 Å². The first-order chi connectivity index (χ1) is 13.6. The quantitative estimate of drug-likeness (QED) is 0.643. The topological polar surface area (TPSA) is 122 Å². The van der Waals surface area contributed by atoms with E-state index in [-0.39, 0.29) is 21.4 Å². The van der Waals surface area contributed by atoms with Crippen LogP contribution in [0.5, 0.6) is 0 Å². The summed E-state index contributed by atoms with van der Waals surface area (Å²) in [5.41, 5.74) is -0.0659. The van der Waals surface area contributed by atoms with Gasteiger partial charge in [-0.25, -0.2) is 18.0 Å². The summed E-state index contributed by atoms with van der Waals surface area (Å²) in [6.45, 7) is 4.07. The molecule has 1 aromatic carbocycles. The average Bonchev–Trinajstić information content (AvgIpc) is 2.66. The van der Waals surface area contributed by atoms with Gasteiger partial charge < -0.3 is 10.1 Å². The summed E-state index contributed by atoms with van der Waals surface area (Å²) in [5.74, 6) is -1.49. The second-order valence-electron chi connectivity index (χ2n) is 6.74. The predicted molar refractivity (Wildman–Crippen MR) is 106 cm³/mol. The van der Waals surface area contributed by atoms with Gasteiger partial charge in [-0.15, -0.1) is 0 Å². The highest BCUT2D eigenvalue weighted by Gasteiger charge is 2.31. The van der Waals surface area contributed by atoms with Crippen molar-refractivity contribution in [3.63, 3.8) is 0 Å². The Morgan fingerprint density at radius 1 is 1.31 bits per heavy atom. The Labute approximate surface area is 174 Å². The minimum Gasteiger partial charge on any atom is -0.452 e. The number of urea groups is 1. The second kappa shape index (κ2) is 10.0. The lowest BCUT2D eigenvalue weighted by atomic mass is 10.0. The Kier molecular flexibility index (Phi) is 8.00. The van der Waals surface area contributed by atoms with Crippen LogP contribution in [-0.4, -0.2) is 56.9 Å².